The summed E-state index contributed by atoms with van der Waals surface area (Å²) < 4.78 is 0. The highest BCUT2D eigenvalue weighted by molar-refractivity contribution is 7.09. The van der Waals surface area contributed by atoms with Crippen LogP contribution in [-0.2, 0) is 6.54 Å². The summed E-state index contributed by atoms with van der Waals surface area (Å²) in [5.41, 5.74) is 1.89. The van der Waals surface area contributed by atoms with E-state index in [0.717, 1.165) is 22.8 Å². The van der Waals surface area contributed by atoms with Crippen molar-refractivity contribution in [3.8, 4) is 0 Å². The number of hydrogen-bond acceptors (Lipinski definition) is 4. The number of rotatable bonds is 5. The number of aliphatic hydroxyl groups is 1. The lowest BCUT2D eigenvalue weighted by atomic mass is 10.1. The Kier molecular flexibility index (Phi) is 4.93. The van der Waals surface area contributed by atoms with Crippen molar-refractivity contribution in [3.05, 3.63) is 50.9 Å². The van der Waals surface area contributed by atoms with Gasteiger partial charge < -0.3 is 5.11 Å². The molecule has 0 fully saturated rings. The monoisotopic (exact) mass is 296 g/mol. The molecule has 2 rings (SSSR count). The van der Waals surface area contributed by atoms with Crippen molar-refractivity contribution in [2.75, 3.05) is 13.6 Å². The van der Waals surface area contributed by atoms with Crippen LogP contribution in [0.1, 0.15) is 22.4 Å². The number of aliphatic hydroxyl groups excluding tert-OH is 1. The van der Waals surface area contributed by atoms with Crippen LogP contribution in [-0.4, -0.2) is 28.6 Å². The van der Waals surface area contributed by atoms with Gasteiger partial charge in [-0.15, -0.1) is 11.3 Å². The molecule has 1 aromatic carbocycles. The molecule has 1 heterocycles. The minimum Gasteiger partial charge on any atom is -0.387 e. The second-order valence-corrected chi connectivity index (χ2v) is 6.12. The molecule has 1 N–H and O–H groups in total. The minimum absolute atomic E-state index is 0.538. The van der Waals surface area contributed by atoms with E-state index in [1.165, 1.54) is 0 Å². The van der Waals surface area contributed by atoms with E-state index >= 15 is 0 Å². The predicted molar refractivity (Wildman–Crippen MR) is 79.6 cm³/mol. The molecule has 0 aliphatic heterocycles. The number of likely N-dealkylation sites (N-methyl/N-ethyl adjacent to an activating group) is 1. The zero-order chi connectivity index (χ0) is 13.8. The van der Waals surface area contributed by atoms with Gasteiger partial charge in [0.2, 0.25) is 0 Å². The predicted octanol–water partition coefficient (Wildman–Crippen LogP) is 3.27. The number of hydrogen-bond donors (Lipinski definition) is 1. The zero-order valence-corrected chi connectivity index (χ0v) is 12.6. The normalized spacial score (nSPS) is 12.9. The highest BCUT2D eigenvalue weighted by Gasteiger charge is 2.12. The molecule has 102 valence electrons. The van der Waals surface area contributed by atoms with Gasteiger partial charge in [-0.3, -0.25) is 4.90 Å². The molecule has 1 unspecified atom stereocenters. The third-order valence-electron chi connectivity index (χ3n) is 2.82. The molecule has 1 atom stereocenters. The first-order chi connectivity index (χ1) is 9.04. The molecule has 3 nitrogen and oxygen atoms in total. The Morgan fingerprint density at radius 1 is 1.47 bits per heavy atom. The van der Waals surface area contributed by atoms with E-state index in [-0.39, 0.29) is 0 Å². The molecule has 0 saturated heterocycles. The average molecular weight is 297 g/mol. The van der Waals surface area contributed by atoms with Crippen LogP contribution in [0.5, 0.6) is 0 Å². The second kappa shape index (κ2) is 6.48. The van der Waals surface area contributed by atoms with Gasteiger partial charge in [0, 0.05) is 23.5 Å². The van der Waals surface area contributed by atoms with Gasteiger partial charge in [-0.25, -0.2) is 4.98 Å². The van der Waals surface area contributed by atoms with Crippen molar-refractivity contribution in [2.45, 2.75) is 19.6 Å². The Morgan fingerprint density at radius 2 is 2.26 bits per heavy atom. The maximum absolute atomic E-state index is 10.2. The Balaban J connectivity index is 1.93. The van der Waals surface area contributed by atoms with Gasteiger partial charge >= 0.3 is 0 Å². The summed E-state index contributed by atoms with van der Waals surface area (Å²) in [6.07, 6.45) is -0.538. The Labute approximate surface area is 122 Å². The van der Waals surface area contributed by atoms with Crippen molar-refractivity contribution in [2.24, 2.45) is 0 Å². The number of aromatic nitrogens is 1. The molecule has 1 aromatic heterocycles. The molecule has 0 radical (unpaired) electrons. The molecule has 2 aromatic rings. The first kappa shape index (κ1) is 14.5. The van der Waals surface area contributed by atoms with E-state index in [1.54, 1.807) is 23.5 Å². The van der Waals surface area contributed by atoms with Crippen molar-refractivity contribution < 1.29 is 5.11 Å². The fourth-order valence-electron chi connectivity index (χ4n) is 1.94. The summed E-state index contributed by atoms with van der Waals surface area (Å²) in [5, 5.41) is 13.9. The number of halogens is 1. The van der Waals surface area contributed by atoms with E-state index in [2.05, 4.69) is 15.3 Å². The van der Waals surface area contributed by atoms with E-state index in [9.17, 15) is 5.11 Å². The van der Waals surface area contributed by atoms with Gasteiger partial charge in [-0.05, 0) is 31.7 Å². The van der Waals surface area contributed by atoms with E-state index in [4.69, 9.17) is 11.6 Å². The van der Waals surface area contributed by atoms with Gasteiger partial charge in [0.15, 0.2) is 0 Å². The van der Waals surface area contributed by atoms with E-state index in [1.807, 2.05) is 26.1 Å². The topological polar surface area (TPSA) is 36.4 Å². The highest BCUT2D eigenvalue weighted by Crippen LogP contribution is 2.19. The molecule has 0 aliphatic carbocycles. The molecule has 0 bridgehead atoms. The summed E-state index contributed by atoms with van der Waals surface area (Å²) in [6.45, 7) is 3.29. The number of aryl methyl sites for hydroxylation is 1. The summed E-state index contributed by atoms with van der Waals surface area (Å²) in [6, 6.07) is 7.34. The quantitative estimate of drug-likeness (QED) is 0.920. The van der Waals surface area contributed by atoms with Gasteiger partial charge in [0.25, 0.3) is 0 Å². The van der Waals surface area contributed by atoms with Crippen LogP contribution in [0.2, 0.25) is 5.02 Å². The molecule has 0 amide bonds. The number of nitrogens with zero attached hydrogens (tertiary/aromatic N) is 2. The van der Waals surface area contributed by atoms with Crippen molar-refractivity contribution >= 4 is 22.9 Å². The van der Waals surface area contributed by atoms with Crippen LogP contribution in [0.25, 0.3) is 0 Å². The Bertz CT molecular complexity index is 544. The molecular weight excluding hydrogens is 280 g/mol. The van der Waals surface area contributed by atoms with Crippen LogP contribution >= 0.6 is 22.9 Å². The molecule has 19 heavy (non-hydrogen) atoms. The van der Waals surface area contributed by atoms with Crippen LogP contribution in [0.3, 0.4) is 0 Å². The van der Waals surface area contributed by atoms with E-state index < -0.39 is 6.10 Å². The summed E-state index contributed by atoms with van der Waals surface area (Å²) >= 11 is 7.57. The second-order valence-electron chi connectivity index (χ2n) is 4.63. The minimum atomic E-state index is -0.538. The lowest BCUT2D eigenvalue weighted by Crippen LogP contribution is -2.24. The SMILES string of the molecule is Cc1nc(CN(C)CC(O)c2cccc(Cl)c2)cs1. The molecule has 0 aliphatic rings. The molecular formula is C14H17ClN2OS. The van der Waals surface area contributed by atoms with Crippen molar-refractivity contribution in [3.63, 3.8) is 0 Å². The van der Waals surface area contributed by atoms with Crippen molar-refractivity contribution in [1.29, 1.82) is 0 Å². The smallest absolute Gasteiger partial charge is 0.0917 e. The lowest BCUT2D eigenvalue weighted by molar-refractivity contribution is 0.123. The average Bonchev–Trinajstić information content (AvgIpc) is 2.74. The lowest BCUT2D eigenvalue weighted by Gasteiger charge is -2.20. The Morgan fingerprint density at radius 3 is 2.89 bits per heavy atom. The molecule has 0 saturated carbocycles. The maximum Gasteiger partial charge on any atom is 0.0917 e. The standard InChI is InChI=1S/C14H17ClN2OS/c1-10-16-13(9-19-10)7-17(2)8-14(18)11-4-3-5-12(15)6-11/h3-6,9,14,18H,7-8H2,1-2H3. The largest absolute Gasteiger partial charge is 0.387 e. The summed E-state index contributed by atoms with van der Waals surface area (Å²) in [4.78, 5) is 6.47. The van der Waals surface area contributed by atoms with Crippen LogP contribution in [0, 0.1) is 6.92 Å². The highest BCUT2D eigenvalue weighted by atomic mass is 35.5. The maximum atomic E-state index is 10.2. The number of thiazole rings is 1. The molecule has 5 heteroatoms. The van der Waals surface area contributed by atoms with Crippen LogP contribution in [0.15, 0.2) is 29.6 Å². The Hall–Kier alpha value is -0.940. The van der Waals surface area contributed by atoms with Gasteiger partial charge in [0.05, 0.1) is 16.8 Å². The first-order valence-electron chi connectivity index (χ1n) is 6.07. The van der Waals surface area contributed by atoms with Gasteiger partial charge in [-0.1, -0.05) is 23.7 Å². The third-order valence-corrected chi connectivity index (χ3v) is 3.87. The van der Waals surface area contributed by atoms with Gasteiger partial charge in [-0.2, -0.15) is 0 Å². The zero-order valence-electron chi connectivity index (χ0n) is 11.0. The number of benzene rings is 1. The van der Waals surface area contributed by atoms with E-state index in [0.29, 0.717) is 11.6 Å². The fourth-order valence-corrected chi connectivity index (χ4v) is 2.74. The summed E-state index contributed by atoms with van der Waals surface area (Å²) in [7, 11) is 1.97. The van der Waals surface area contributed by atoms with Crippen LogP contribution < -0.4 is 0 Å². The van der Waals surface area contributed by atoms with Crippen LogP contribution in [0.4, 0.5) is 0 Å². The van der Waals surface area contributed by atoms with Gasteiger partial charge in [0.1, 0.15) is 0 Å². The summed E-state index contributed by atoms with van der Waals surface area (Å²) in [5.74, 6) is 0. The first-order valence-corrected chi connectivity index (χ1v) is 7.33. The fraction of sp³-hybridized carbons (Fsp3) is 0.357. The third kappa shape index (κ3) is 4.28. The van der Waals surface area contributed by atoms with Crippen molar-refractivity contribution in [1.82, 2.24) is 9.88 Å². The molecule has 0 spiro atoms.